The molecule has 1 aliphatic carbocycles. The minimum Gasteiger partial charge on any atom is -0.264 e. The zero-order valence-corrected chi connectivity index (χ0v) is 23.1. The van der Waals surface area contributed by atoms with Crippen molar-refractivity contribution in [3.05, 3.63) is 95.6 Å². The number of hydrogen-bond donors (Lipinski definition) is 0. The number of aryl methyl sites for hydroxylation is 1. The molecule has 0 atom stereocenters. The lowest BCUT2D eigenvalue weighted by Gasteiger charge is -2.07. The van der Waals surface area contributed by atoms with Crippen LogP contribution in [0.4, 0.5) is 0 Å². The second-order valence-corrected chi connectivity index (χ2v) is 11.1. The van der Waals surface area contributed by atoms with Gasteiger partial charge in [0.25, 0.3) is 0 Å². The molecule has 0 fully saturated rings. The number of unbranched alkanes of at least 4 members (excludes halogenated alkanes) is 9. The normalized spacial score (nSPS) is 12.8. The van der Waals surface area contributed by atoms with Crippen molar-refractivity contribution >= 4 is 21.4 Å². The third-order valence-corrected chi connectivity index (χ3v) is 7.72. The summed E-state index contributed by atoms with van der Waals surface area (Å²) in [5.41, 5.74) is 3.54. The Labute approximate surface area is 228 Å². The second-order valence-electron chi connectivity index (χ2n) is 9.60. The van der Waals surface area contributed by atoms with Crippen molar-refractivity contribution < 1.29 is 12.7 Å². The molecule has 2 aromatic carbocycles. The van der Waals surface area contributed by atoms with Gasteiger partial charge in [0.15, 0.2) is 0 Å². The van der Waals surface area contributed by atoms with Gasteiger partial charge in [-0.15, -0.1) is 0 Å². The molecule has 0 saturated carbocycles. The Morgan fingerprint density at radius 2 is 1.37 bits per heavy atom. The van der Waals surface area contributed by atoms with E-state index in [0.717, 1.165) is 29.5 Å². The molecule has 3 rings (SSSR count). The molecule has 38 heavy (non-hydrogen) atoms. The summed E-state index contributed by atoms with van der Waals surface area (Å²) in [4.78, 5) is 0.0777. The van der Waals surface area contributed by atoms with E-state index in [0.29, 0.717) is 11.3 Å². The van der Waals surface area contributed by atoms with Crippen molar-refractivity contribution in [1.29, 1.82) is 5.26 Å². The highest BCUT2D eigenvalue weighted by molar-refractivity contribution is 7.86. The summed E-state index contributed by atoms with van der Waals surface area (Å²) in [6.07, 6.45) is 20.6. The summed E-state index contributed by atoms with van der Waals surface area (Å²) in [6, 6.07) is 18.5. The molecule has 6 heteroatoms. The van der Waals surface area contributed by atoms with Gasteiger partial charge in [-0.1, -0.05) is 124 Å². The van der Waals surface area contributed by atoms with Crippen molar-refractivity contribution in [2.24, 2.45) is 5.16 Å². The lowest BCUT2D eigenvalue weighted by Crippen LogP contribution is -2.05. The quantitative estimate of drug-likeness (QED) is 0.132. The predicted molar refractivity (Wildman–Crippen MR) is 155 cm³/mol. The first-order valence-electron chi connectivity index (χ1n) is 13.7. The van der Waals surface area contributed by atoms with Crippen LogP contribution in [0, 0.1) is 11.3 Å². The van der Waals surface area contributed by atoms with Crippen LogP contribution in [0.1, 0.15) is 82.3 Å². The van der Waals surface area contributed by atoms with E-state index < -0.39 is 10.1 Å². The van der Waals surface area contributed by atoms with Crippen LogP contribution in [0.15, 0.2) is 94.5 Å². The van der Waals surface area contributed by atoms with Crippen LogP contribution in [-0.2, 0) is 20.8 Å². The smallest absolute Gasteiger partial charge is 0.264 e. The Bertz CT molecular complexity index is 1260. The number of nitriles is 1. The summed E-state index contributed by atoms with van der Waals surface area (Å²) in [6.45, 7) is 2.25. The number of oxime groups is 1. The molecule has 0 heterocycles. The maximum Gasteiger partial charge on any atom is 0.358 e. The molecule has 0 radical (unpaired) electrons. The standard InChI is InChI=1S/C32H38N2O3S/c1-2-3-4-5-6-7-8-9-10-12-15-27-18-24-31(25-19-27)38(35,36)37-34-30-22-20-29(21-23-30)32(26-33)28-16-13-11-14-17-28/h11,13-14,16-25H,2-10,12,15H2,1H3. The van der Waals surface area contributed by atoms with E-state index in [1.165, 1.54) is 57.8 Å². The molecule has 0 bridgehead atoms. The van der Waals surface area contributed by atoms with Crippen molar-refractivity contribution in [3.8, 4) is 6.07 Å². The maximum atomic E-state index is 12.6. The van der Waals surface area contributed by atoms with Crippen molar-refractivity contribution in [2.45, 2.75) is 82.4 Å². The van der Waals surface area contributed by atoms with Gasteiger partial charge < -0.3 is 0 Å². The third-order valence-electron chi connectivity index (χ3n) is 6.60. The van der Waals surface area contributed by atoms with Gasteiger partial charge in [0.05, 0.1) is 5.57 Å². The van der Waals surface area contributed by atoms with Crippen molar-refractivity contribution in [2.75, 3.05) is 0 Å². The van der Waals surface area contributed by atoms with Gasteiger partial charge in [0, 0.05) is 0 Å². The minimum atomic E-state index is -4.02. The molecule has 1 aliphatic rings. The maximum absolute atomic E-state index is 12.6. The first kappa shape index (κ1) is 29.1. The Morgan fingerprint density at radius 1 is 0.789 bits per heavy atom. The lowest BCUT2D eigenvalue weighted by molar-refractivity contribution is 0.339. The van der Waals surface area contributed by atoms with Gasteiger partial charge in [-0.3, -0.25) is 4.28 Å². The molecule has 2 aromatic rings. The Balaban J connectivity index is 1.45. The summed E-state index contributed by atoms with van der Waals surface area (Å²) in [5.74, 6) is 0. The Hall–Kier alpha value is -3.43. The fraction of sp³-hybridized carbons (Fsp3) is 0.375. The van der Waals surface area contributed by atoms with E-state index in [-0.39, 0.29) is 4.90 Å². The van der Waals surface area contributed by atoms with Crippen molar-refractivity contribution in [3.63, 3.8) is 0 Å². The first-order valence-corrected chi connectivity index (χ1v) is 15.1. The van der Waals surface area contributed by atoms with E-state index >= 15 is 0 Å². The minimum absolute atomic E-state index is 0.0777. The molecular weight excluding hydrogens is 492 g/mol. The highest BCUT2D eigenvalue weighted by Gasteiger charge is 2.16. The van der Waals surface area contributed by atoms with Crippen LogP contribution < -0.4 is 0 Å². The summed E-state index contributed by atoms with van der Waals surface area (Å²) >= 11 is 0. The monoisotopic (exact) mass is 530 g/mol. The van der Waals surface area contributed by atoms with Gasteiger partial charge in [-0.25, -0.2) is 0 Å². The summed E-state index contributed by atoms with van der Waals surface area (Å²) in [7, 11) is -4.02. The van der Waals surface area contributed by atoms with Gasteiger partial charge in [0.2, 0.25) is 0 Å². The zero-order valence-electron chi connectivity index (χ0n) is 22.3. The fourth-order valence-corrected chi connectivity index (χ4v) is 5.10. The van der Waals surface area contributed by atoms with Crippen LogP contribution in [0.3, 0.4) is 0 Å². The zero-order chi connectivity index (χ0) is 27.1. The van der Waals surface area contributed by atoms with Crippen LogP contribution in [0.5, 0.6) is 0 Å². The second kappa shape index (κ2) is 15.7. The molecule has 0 aromatic heterocycles. The van der Waals surface area contributed by atoms with Gasteiger partial charge in [0.1, 0.15) is 16.7 Å². The summed E-state index contributed by atoms with van der Waals surface area (Å²) < 4.78 is 30.2. The Morgan fingerprint density at radius 3 is 1.95 bits per heavy atom. The van der Waals surface area contributed by atoms with E-state index in [9.17, 15) is 13.7 Å². The molecule has 0 N–H and O–H groups in total. The molecule has 0 spiro atoms. The average Bonchev–Trinajstić information content (AvgIpc) is 2.95. The van der Waals surface area contributed by atoms with E-state index in [4.69, 9.17) is 4.28 Å². The number of hydrogen-bond acceptors (Lipinski definition) is 5. The van der Waals surface area contributed by atoms with E-state index in [1.54, 1.807) is 36.4 Å². The molecular formula is C32H38N2O3S. The van der Waals surface area contributed by atoms with Crippen LogP contribution in [-0.4, -0.2) is 14.1 Å². The Kier molecular flexibility index (Phi) is 12.1. The van der Waals surface area contributed by atoms with E-state index in [2.05, 4.69) is 18.1 Å². The third kappa shape index (κ3) is 9.46. The lowest BCUT2D eigenvalue weighted by atomic mass is 9.97. The number of allylic oxidation sites excluding steroid dienone is 6. The molecule has 0 amide bonds. The van der Waals surface area contributed by atoms with Gasteiger partial charge in [-0.2, -0.15) is 13.7 Å². The van der Waals surface area contributed by atoms with Gasteiger partial charge >= 0.3 is 10.1 Å². The predicted octanol–water partition coefficient (Wildman–Crippen LogP) is 8.31. The van der Waals surface area contributed by atoms with Crippen LogP contribution in [0.25, 0.3) is 5.57 Å². The highest BCUT2D eigenvalue weighted by atomic mass is 32.2. The molecule has 5 nitrogen and oxygen atoms in total. The molecule has 0 saturated heterocycles. The summed E-state index contributed by atoms with van der Waals surface area (Å²) in [5, 5.41) is 13.4. The molecule has 200 valence electrons. The topological polar surface area (TPSA) is 79.5 Å². The number of rotatable bonds is 15. The number of benzene rings is 2. The fourth-order valence-electron chi connectivity index (χ4n) is 4.36. The SMILES string of the molecule is CCCCCCCCCCCCc1ccc(S(=O)(=O)ON=C2C=CC(=C(C#N)c3ccccc3)C=C2)cc1. The largest absolute Gasteiger partial charge is 0.358 e. The van der Waals surface area contributed by atoms with Gasteiger partial charge in [-0.05, 0) is 53.8 Å². The van der Waals surface area contributed by atoms with Crippen LogP contribution >= 0.6 is 0 Å². The molecule has 0 aliphatic heterocycles. The van der Waals surface area contributed by atoms with Crippen LogP contribution in [0.2, 0.25) is 0 Å². The number of nitrogens with zero attached hydrogens (tertiary/aromatic N) is 2. The highest BCUT2D eigenvalue weighted by Crippen LogP contribution is 2.22. The first-order chi connectivity index (χ1) is 18.5. The molecule has 0 unspecified atom stereocenters. The van der Waals surface area contributed by atoms with E-state index in [1.807, 2.05) is 42.5 Å². The average molecular weight is 531 g/mol. The van der Waals surface area contributed by atoms with Crippen molar-refractivity contribution in [1.82, 2.24) is 0 Å².